The van der Waals surface area contributed by atoms with Gasteiger partial charge in [-0.3, -0.25) is 9.20 Å². The highest BCUT2D eigenvalue weighted by Crippen LogP contribution is 2.50. The third-order valence-electron chi connectivity index (χ3n) is 7.72. The summed E-state index contributed by atoms with van der Waals surface area (Å²) < 4.78 is 7.91. The number of nitrogen functional groups attached to an aromatic ring is 1. The fraction of sp³-hybridized carbons (Fsp3) is 0.517. The minimum atomic E-state index is -0.452. The molecule has 1 aromatic carbocycles. The number of benzene rings is 1. The van der Waals surface area contributed by atoms with E-state index in [9.17, 15) is 9.59 Å². The van der Waals surface area contributed by atoms with Gasteiger partial charge >= 0.3 is 5.97 Å². The number of fused-ring (bicyclic) bond motifs is 1. The molecule has 0 saturated heterocycles. The maximum absolute atomic E-state index is 14.1. The molecule has 7 heteroatoms. The number of esters is 1. The number of rotatable bonds is 3. The Balaban J connectivity index is 1.86. The minimum absolute atomic E-state index is 0.0380. The highest BCUT2D eigenvalue weighted by Gasteiger charge is 2.48. The highest BCUT2D eigenvalue weighted by atomic mass is 35.5. The molecule has 194 valence electrons. The van der Waals surface area contributed by atoms with E-state index in [1.54, 1.807) is 18.3 Å². The van der Waals surface area contributed by atoms with E-state index < -0.39 is 5.97 Å². The molecule has 2 heterocycles. The van der Waals surface area contributed by atoms with Crippen LogP contribution in [0.2, 0.25) is 5.02 Å². The molecule has 1 fully saturated rings. The number of carbonyl (C=O) groups is 1. The molecule has 36 heavy (non-hydrogen) atoms. The Hall–Kier alpha value is -2.73. The van der Waals surface area contributed by atoms with Crippen LogP contribution in [-0.2, 0) is 4.74 Å². The van der Waals surface area contributed by atoms with Crippen molar-refractivity contribution in [2.75, 3.05) is 5.73 Å². The number of nitrogens with zero attached hydrogens (tertiary/aromatic N) is 1. The van der Waals surface area contributed by atoms with Crippen molar-refractivity contribution >= 4 is 29.0 Å². The van der Waals surface area contributed by atoms with Gasteiger partial charge in [-0.15, -0.1) is 0 Å². The summed E-state index contributed by atoms with van der Waals surface area (Å²) in [6.45, 7) is 15.6. The lowest BCUT2D eigenvalue weighted by molar-refractivity contribution is -0.0922. The molecule has 3 N–H and O–H groups in total. The van der Waals surface area contributed by atoms with Gasteiger partial charge in [0.05, 0.1) is 0 Å². The Labute approximate surface area is 218 Å². The molecule has 1 aliphatic rings. The number of anilines is 1. The summed E-state index contributed by atoms with van der Waals surface area (Å²) in [4.78, 5) is 29.9. The molecule has 1 aliphatic carbocycles. The zero-order valence-electron chi connectivity index (χ0n) is 22.3. The van der Waals surface area contributed by atoms with Crippen molar-refractivity contribution in [1.29, 1.82) is 0 Å². The zero-order valence-corrected chi connectivity index (χ0v) is 23.1. The first kappa shape index (κ1) is 26.3. The van der Waals surface area contributed by atoms with Gasteiger partial charge in [0.15, 0.2) is 0 Å². The van der Waals surface area contributed by atoms with Crippen LogP contribution in [0.15, 0.2) is 41.3 Å². The average Bonchev–Trinajstić information content (AvgIpc) is 3.13. The number of carbonyl (C=O) groups excluding carboxylic acids is 1. The van der Waals surface area contributed by atoms with E-state index >= 15 is 0 Å². The molecular weight excluding hydrogens is 474 g/mol. The molecule has 0 spiro atoms. The molecule has 0 aliphatic heterocycles. The van der Waals surface area contributed by atoms with Crippen LogP contribution in [-0.4, -0.2) is 21.5 Å². The molecule has 0 radical (unpaired) electrons. The number of nitrogens with one attached hydrogen (secondary N) is 1. The minimum Gasteiger partial charge on any atom is -0.458 e. The van der Waals surface area contributed by atoms with Crippen molar-refractivity contribution in [1.82, 2.24) is 9.38 Å². The maximum atomic E-state index is 14.1. The molecule has 0 bridgehead atoms. The molecule has 2 atom stereocenters. The standard InChI is InChI=1S/C29H38ClN3O3/c1-16-12-20(28(2,3)4)25(21(13-16)29(5,6)7)36-27(35)24-19(17-8-10-18(30)11-9-17)15-33-23(34)14-22(31)32-26(24)33/h8-11,14-16,20-21,25,32H,12-13,31H2,1-7H3. The van der Waals surface area contributed by atoms with Crippen molar-refractivity contribution in [3.05, 3.63) is 57.5 Å². The lowest BCUT2D eigenvalue weighted by atomic mass is 9.59. The molecule has 2 unspecified atom stereocenters. The second kappa shape index (κ2) is 9.29. The predicted octanol–water partition coefficient (Wildman–Crippen LogP) is 6.81. The maximum Gasteiger partial charge on any atom is 0.342 e. The van der Waals surface area contributed by atoms with Crippen LogP contribution in [0, 0.1) is 28.6 Å². The third kappa shape index (κ3) is 5.06. The fourth-order valence-corrected chi connectivity index (χ4v) is 5.91. The molecule has 2 aromatic heterocycles. The summed E-state index contributed by atoms with van der Waals surface area (Å²) in [6.07, 6.45) is 3.41. The van der Waals surface area contributed by atoms with Gasteiger partial charge < -0.3 is 15.5 Å². The van der Waals surface area contributed by atoms with Gasteiger partial charge in [-0.2, -0.15) is 0 Å². The van der Waals surface area contributed by atoms with Crippen molar-refractivity contribution in [3.63, 3.8) is 0 Å². The molecular formula is C29H38ClN3O3. The van der Waals surface area contributed by atoms with Crippen LogP contribution >= 0.6 is 11.6 Å². The normalized spacial score (nSPS) is 23.1. The topological polar surface area (TPSA) is 89.6 Å². The fourth-order valence-electron chi connectivity index (χ4n) is 5.78. The third-order valence-corrected chi connectivity index (χ3v) is 7.97. The molecule has 6 nitrogen and oxygen atoms in total. The van der Waals surface area contributed by atoms with E-state index in [0.717, 1.165) is 18.4 Å². The van der Waals surface area contributed by atoms with E-state index in [4.69, 9.17) is 22.1 Å². The van der Waals surface area contributed by atoms with Crippen molar-refractivity contribution in [3.8, 4) is 11.1 Å². The molecule has 0 amide bonds. The van der Waals surface area contributed by atoms with Gasteiger partial charge in [0.1, 0.15) is 23.1 Å². The van der Waals surface area contributed by atoms with Crippen molar-refractivity contribution in [2.24, 2.45) is 28.6 Å². The number of hydrogen-bond acceptors (Lipinski definition) is 4. The van der Waals surface area contributed by atoms with E-state index in [-0.39, 0.29) is 40.1 Å². The van der Waals surface area contributed by atoms with Crippen LogP contribution in [0.1, 0.15) is 71.7 Å². The number of halogens is 1. The summed E-state index contributed by atoms with van der Waals surface area (Å²) in [5.74, 6) is 0.683. The Morgan fingerprint density at radius 3 is 2.14 bits per heavy atom. The average molecular weight is 512 g/mol. The Bertz CT molecular complexity index is 1300. The summed E-state index contributed by atoms with van der Waals surface area (Å²) in [7, 11) is 0. The number of H-pyrrole nitrogens is 1. The van der Waals surface area contributed by atoms with Gasteiger partial charge in [-0.1, -0.05) is 72.2 Å². The molecule has 3 aromatic rings. The van der Waals surface area contributed by atoms with E-state index in [2.05, 4.69) is 53.5 Å². The monoisotopic (exact) mass is 511 g/mol. The van der Waals surface area contributed by atoms with Gasteiger partial charge in [0.25, 0.3) is 5.56 Å². The van der Waals surface area contributed by atoms with Crippen LogP contribution < -0.4 is 11.3 Å². The van der Waals surface area contributed by atoms with Crippen LogP contribution in [0.5, 0.6) is 0 Å². The molecule has 4 rings (SSSR count). The van der Waals surface area contributed by atoms with Crippen LogP contribution in [0.3, 0.4) is 0 Å². The number of ether oxygens (including phenoxy) is 1. The van der Waals surface area contributed by atoms with E-state index in [0.29, 0.717) is 27.7 Å². The number of hydrogen-bond donors (Lipinski definition) is 2. The summed E-state index contributed by atoms with van der Waals surface area (Å²) in [6, 6.07) is 8.50. The number of aromatic amines is 1. The highest BCUT2D eigenvalue weighted by molar-refractivity contribution is 6.30. The summed E-state index contributed by atoms with van der Waals surface area (Å²) in [5.41, 5.74) is 7.58. The van der Waals surface area contributed by atoms with Crippen molar-refractivity contribution in [2.45, 2.75) is 67.4 Å². The van der Waals surface area contributed by atoms with Crippen molar-refractivity contribution < 1.29 is 9.53 Å². The van der Waals surface area contributed by atoms with E-state index in [1.807, 2.05) is 12.1 Å². The summed E-state index contributed by atoms with van der Waals surface area (Å²) >= 11 is 6.11. The van der Waals surface area contributed by atoms with Crippen LogP contribution in [0.25, 0.3) is 16.8 Å². The Morgan fingerprint density at radius 1 is 1.06 bits per heavy atom. The van der Waals surface area contributed by atoms with Crippen LogP contribution in [0.4, 0.5) is 5.82 Å². The molecule has 1 saturated carbocycles. The SMILES string of the molecule is CC1CC(C(C)(C)C)C(OC(=O)c2c(-c3ccc(Cl)cc3)cn3c(=O)cc(N)[nH]c23)C(C(C)(C)C)C1. The van der Waals surface area contributed by atoms with E-state index in [1.165, 1.54) is 10.5 Å². The Kier molecular flexibility index (Phi) is 6.80. The smallest absolute Gasteiger partial charge is 0.342 e. The Morgan fingerprint density at radius 2 is 1.61 bits per heavy atom. The van der Waals surface area contributed by atoms with Gasteiger partial charge in [0.2, 0.25) is 0 Å². The van der Waals surface area contributed by atoms with Gasteiger partial charge in [-0.25, -0.2) is 4.79 Å². The first-order chi connectivity index (χ1) is 16.7. The first-order valence-corrected chi connectivity index (χ1v) is 13.1. The number of aromatic nitrogens is 2. The summed E-state index contributed by atoms with van der Waals surface area (Å²) in [5, 5.41) is 0.587. The lowest BCUT2D eigenvalue weighted by Crippen LogP contribution is -2.49. The largest absolute Gasteiger partial charge is 0.458 e. The quantitative estimate of drug-likeness (QED) is 0.378. The number of nitrogens with two attached hydrogens (primary N) is 1. The van der Waals surface area contributed by atoms with Gasteiger partial charge in [-0.05, 0) is 47.3 Å². The second-order valence-corrected chi connectivity index (χ2v) is 13.0. The first-order valence-electron chi connectivity index (χ1n) is 12.7. The predicted molar refractivity (Wildman–Crippen MR) is 146 cm³/mol. The second-order valence-electron chi connectivity index (χ2n) is 12.6. The van der Waals surface area contributed by atoms with Gasteiger partial charge in [0, 0.05) is 34.7 Å². The zero-order chi connectivity index (χ0) is 26.6. The lowest BCUT2D eigenvalue weighted by Gasteiger charge is -2.50.